The maximum atomic E-state index is 12.8. The van der Waals surface area contributed by atoms with E-state index in [0.717, 1.165) is 4.90 Å². The Bertz CT molecular complexity index is 801. The third-order valence-corrected chi connectivity index (χ3v) is 4.42. The summed E-state index contributed by atoms with van der Waals surface area (Å²) in [4.78, 5) is 61.3. The zero-order chi connectivity index (χ0) is 18.1. The molecule has 0 aromatic heterocycles. The van der Waals surface area contributed by atoms with Crippen LogP contribution in [0.25, 0.3) is 0 Å². The largest absolute Gasteiger partial charge is 0.375 e. The van der Waals surface area contributed by atoms with E-state index in [1.165, 1.54) is 13.1 Å². The van der Waals surface area contributed by atoms with Crippen LogP contribution >= 0.6 is 0 Å². The zero-order valence-corrected chi connectivity index (χ0v) is 13.6. The Morgan fingerprint density at radius 2 is 1.96 bits per heavy atom. The van der Waals surface area contributed by atoms with Gasteiger partial charge in [-0.05, 0) is 18.6 Å². The number of nitrogens with zero attached hydrogens (tertiary/aromatic N) is 1. The molecule has 0 spiro atoms. The molecule has 0 bridgehead atoms. The van der Waals surface area contributed by atoms with Gasteiger partial charge in [0.1, 0.15) is 5.78 Å². The summed E-state index contributed by atoms with van der Waals surface area (Å²) in [7, 11) is 1.49. The van der Waals surface area contributed by atoms with E-state index >= 15 is 0 Å². The van der Waals surface area contributed by atoms with E-state index in [9.17, 15) is 24.0 Å². The topological polar surface area (TPSA) is 113 Å². The SMILES string of the molecule is CNC(=O)CNc1cccc2c1C(=O)N(C1CCC(=O)CC1=O)C2=O. The molecule has 3 amide bonds. The van der Waals surface area contributed by atoms with Crippen LogP contribution in [-0.2, 0) is 14.4 Å². The zero-order valence-electron chi connectivity index (χ0n) is 13.6. The number of ketones is 2. The van der Waals surface area contributed by atoms with Gasteiger partial charge in [0, 0.05) is 19.2 Å². The molecular formula is C17H17N3O5. The predicted octanol–water partition coefficient (Wildman–Crippen LogP) is 0.131. The molecule has 1 aliphatic heterocycles. The monoisotopic (exact) mass is 343 g/mol. The lowest BCUT2D eigenvalue weighted by molar-refractivity contribution is -0.132. The van der Waals surface area contributed by atoms with Crippen LogP contribution in [0.3, 0.4) is 0 Å². The van der Waals surface area contributed by atoms with Gasteiger partial charge in [0.25, 0.3) is 11.8 Å². The van der Waals surface area contributed by atoms with Gasteiger partial charge in [-0.25, -0.2) is 0 Å². The molecule has 2 aliphatic rings. The normalized spacial score (nSPS) is 19.9. The molecule has 0 saturated heterocycles. The highest BCUT2D eigenvalue weighted by Gasteiger charge is 2.45. The number of rotatable bonds is 4. The molecule has 1 saturated carbocycles. The number of anilines is 1. The van der Waals surface area contributed by atoms with Crippen molar-refractivity contribution in [2.75, 3.05) is 18.9 Å². The maximum Gasteiger partial charge on any atom is 0.264 e. The molecular weight excluding hydrogens is 326 g/mol. The lowest BCUT2D eigenvalue weighted by Crippen LogP contribution is -2.47. The fraction of sp³-hybridized carbons (Fsp3) is 0.353. The molecule has 130 valence electrons. The summed E-state index contributed by atoms with van der Waals surface area (Å²) in [6.45, 7) is -0.0503. The second kappa shape index (κ2) is 6.46. The molecule has 1 atom stereocenters. The van der Waals surface area contributed by atoms with Crippen molar-refractivity contribution in [3.63, 3.8) is 0 Å². The van der Waals surface area contributed by atoms with E-state index in [2.05, 4.69) is 10.6 Å². The fourth-order valence-electron chi connectivity index (χ4n) is 3.13. The van der Waals surface area contributed by atoms with Gasteiger partial charge >= 0.3 is 0 Å². The van der Waals surface area contributed by atoms with Crippen molar-refractivity contribution >= 4 is 35.0 Å². The molecule has 1 aromatic carbocycles. The third kappa shape index (κ3) is 2.90. The Hall–Kier alpha value is -3.03. The van der Waals surface area contributed by atoms with Crippen LogP contribution in [0.1, 0.15) is 40.0 Å². The number of fused-ring (bicyclic) bond motifs is 1. The first-order chi connectivity index (χ1) is 11.9. The third-order valence-electron chi connectivity index (χ3n) is 4.42. The van der Waals surface area contributed by atoms with Crippen molar-refractivity contribution in [3.8, 4) is 0 Å². The first kappa shape index (κ1) is 16.8. The lowest BCUT2D eigenvalue weighted by atomic mass is 9.92. The van der Waals surface area contributed by atoms with Gasteiger partial charge in [-0.2, -0.15) is 0 Å². The summed E-state index contributed by atoms with van der Waals surface area (Å²) in [5.74, 6) is -1.98. The average Bonchev–Trinajstić information content (AvgIpc) is 2.85. The van der Waals surface area contributed by atoms with E-state index in [0.29, 0.717) is 5.69 Å². The second-order valence-electron chi connectivity index (χ2n) is 5.97. The highest BCUT2D eigenvalue weighted by atomic mass is 16.2. The van der Waals surface area contributed by atoms with Gasteiger partial charge in [0.2, 0.25) is 5.91 Å². The summed E-state index contributed by atoms with van der Waals surface area (Å²) < 4.78 is 0. The molecule has 25 heavy (non-hydrogen) atoms. The van der Waals surface area contributed by atoms with Crippen molar-refractivity contribution in [1.82, 2.24) is 10.2 Å². The highest BCUT2D eigenvalue weighted by molar-refractivity contribution is 6.25. The summed E-state index contributed by atoms with van der Waals surface area (Å²) in [5, 5.41) is 5.29. The van der Waals surface area contributed by atoms with Crippen LogP contribution in [0.4, 0.5) is 5.69 Å². The van der Waals surface area contributed by atoms with E-state index in [-0.39, 0.29) is 48.6 Å². The number of amides is 3. The van der Waals surface area contributed by atoms with Gasteiger partial charge in [0.15, 0.2) is 5.78 Å². The van der Waals surface area contributed by atoms with Gasteiger partial charge in [-0.15, -0.1) is 0 Å². The number of carbonyl (C=O) groups is 5. The van der Waals surface area contributed by atoms with Crippen molar-refractivity contribution in [2.45, 2.75) is 25.3 Å². The molecule has 1 aromatic rings. The van der Waals surface area contributed by atoms with Crippen LogP contribution in [0.5, 0.6) is 0 Å². The molecule has 2 N–H and O–H groups in total. The Labute approximate surface area is 143 Å². The number of Topliss-reactive ketones (excluding diaryl/α,β-unsaturated/α-hetero) is 2. The Kier molecular flexibility index (Phi) is 4.35. The van der Waals surface area contributed by atoms with Gasteiger partial charge in [0.05, 0.1) is 30.1 Å². The number of carbonyl (C=O) groups excluding carboxylic acids is 5. The first-order valence-corrected chi connectivity index (χ1v) is 7.93. The van der Waals surface area contributed by atoms with Crippen LogP contribution in [0.2, 0.25) is 0 Å². The van der Waals surface area contributed by atoms with Gasteiger partial charge in [-0.3, -0.25) is 28.9 Å². The van der Waals surface area contributed by atoms with E-state index in [4.69, 9.17) is 0 Å². The molecule has 1 heterocycles. The number of likely N-dealkylation sites (N-methyl/N-ethyl adjacent to an activating group) is 1. The first-order valence-electron chi connectivity index (χ1n) is 7.93. The van der Waals surface area contributed by atoms with Crippen molar-refractivity contribution in [1.29, 1.82) is 0 Å². The summed E-state index contributed by atoms with van der Waals surface area (Å²) in [6, 6.07) is 3.81. The Morgan fingerprint density at radius 1 is 1.20 bits per heavy atom. The van der Waals surface area contributed by atoms with Crippen LogP contribution in [-0.4, -0.2) is 53.8 Å². The number of benzene rings is 1. The highest BCUT2D eigenvalue weighted by Crippen LogP contribution is 2.33. The molecule has 1 aliphatic carbocycles. The maximum absolute atomic E-state index is 12.8. The second-order valence-corrected chi connectivity index (χ2v) is 5.97. The minimum absolute atomic E-state index is 0.0503. The predicted molar refractivity (Wildman–Crippen MR) is 87.2 cm³/mol. The molecule has 1 fully saturated rings. The molecule has 0 radical (unpaired) electrons. The van der Waals surface area contributed by atoms with E-state index < -0.39 is 23.6 Å². The quantitative estimate of drug-likeness (QED) is 0.594. The van der Waals surface area contributed by atoms with Crippen molar-refractivity contribution in [3.05, 3.63) is 29.3 Å². The van der Waals surface area contributed by atoms with Crippen LogP contribution in [0, 0.1) is 0 Å². The van der Waals surface area contributed by atoms with E-state index in [1.807, 2.05) is 0 Å². The number of imide groups is 1. The Balaban J connectivity index is 1.90. The average molecular weight is 343 g/mol. The summed E-state index contributed by atoms with van der Waals surface area (Å²) in [5.41, 5.74) is 0.707. The number of hydrogen-bond donors (Lipinski definition) is 2. The minimum atomic E-state index is -0.906. The number of nitrogens with one attached hydrogen (secondary N) is 2. The van der Waals surface area contributed by atoms with Crippen LogP contribution < -0.4 is 10.6 Å². The molecule has 3 rings (SSSR count). The standard InChI is InChI=1S/C17H17N3O5/c1-18-14(23)8-19-11-4-2-3-10-15(11)17(25)20(16(10)24)12-6-5-9(21)7-13(12)22/h2-4,12,19H,5-8H2,1H3,(H,18,23). The molecule has 8 heteroatoms. The van der Waals surface area contributed by atoms with Crippen LogP contribution in [0.15, 0.2) is 18.2 Å². The fourth-order valence-corrected chi connectivity index (χ4v) is 3.13. The van der Waals surface area contributed by atoms with E-state index in [1.54, 1.807) is 12.1 Å². The Morgan fingerprint density at radius 3 is 2.64 bits per heavy atom. The molecule has 1 unspecified atom stereocenters. The number of hydrogen-bond acceptors (Lipinski definition) is 6. The minimum Gasteiger partial charge on any atom is -0.375 e. The summed E-state index contributed by atoms with van der Waals surface area (Å²) in [6.07, 6.45) is 0.0789. The lowest BCUT2D eigenvalue weighted by Gasteiger charge is -2.27. The van der Waals surface area contributed by atoms with Crippen molar-refractivity contribution in [2.24, 2.45) is 0 Å². The van der Waals surface area contributed by atoms with Gasteiger partial charge < -0.3 is 10.6 Å². The van der Waals surface area contributed by atoms with Crippen molar-refractivity contribution < 1.29 is 24.0 Å². The smallest absolute Gasteiger partial charge is 0.264 e. The summed E-state index contributed by atoms with van der Waals surface area (Å²) >= 11 is 0. The van der Waals surface area contributed by atoms with Gasteiger partial charge in [-0.1, -0.05) is 6.07 Å². The molecule has 8 nitrogen and oxygen atoms in total.